The van der Waals surface area contributed by atoms with E-state index in [1.54, 1.807) is 32.3 Å². The highest BCUT2D eigenvalue weighted by Gasteiger charge is 2.16. The number of carbonyl (C=O) groups is 2. The van der Waals surface area contributed by atoms with Crippen LogP contribution in [0.5, 0.6) is 0 Å². The van der Waals surface area contributed by atoms with Gasteiger partial charge in [0.05, 0.1) is 6.04 Å². The summed E-state index contributed by atoms with van der Waals surface area (Å²) in [5.41, 5.74) is 0.786. The summed E-state index contributed by atoms with van der Waals surface area (Å²) in [5, 5.41) is 6.39. The Bertz CT molecular complexity index is 523. The van der Waals surface area contributed by atoms with Crippen molar-refractivity contribution in [2.24, 2.45) is 0 Å². The van der Waals surface area contributed by atoms with Crippen LogP contribution >= 0.6 is 23.2 Å². The molecule has 2 N–H and O–H groups in total. The van der Waals surface area contributed by atoms with E-state index in [1.165, 1.54) is 4.90 Å². The molecule has 0 aliphatic rings. The van der Waals surface area contributed by atoms with E-state index in [2.05, 4.69) is 10.6 Å². The molecule has 1 atom stereocenters. The van der Waals surface area contributed by atoms with Gasteiger partial charge in [0.1, 0.15) is 0 Å². The van der Waals surface area contributed by atoms with Crippen LogP contribution in [0.2, 0.25) is 10.0 Å². The van der Waals surface area contributed by atoms with Crippen LogP contribution in [0, 0.1) is 0 Å². The van der Waals surface area contributed by atoms with Crippen molar-refractivity contribution in [3.8, 4) is 0 Å². The largest absolute Gasteiger partial charge is 0.359 e. The van der Waals surface area contributed by atoms with E-state index < -0.39 is 0 Å². The van der Waals surface area contributed by atoms with Crippen LogP contribution in [-0.2, 0) is 4.79 Å². The molecule has 3 amide bonds. The minimum Gasteiger partial charge on any atom is -0.359 e. The maximum absolute atomic E-state index is 12.0. The smallest absolute Gasteiger partial charge is 0.317 e. The number of carbonyl (C=O) groups excluding carboxylic acids is 2. The number of nitrogens with one attached hydrogen (secondary N) is 2. The zero-order chi connectivity index (χ0) is 16.0. The molecule has 1 aromatic carbocycles. The molecule has 21 heavy (non-hydrogen) atoms. The molecule has 0 heterocycles. The van der Waals surface area contributed by atoms with Crippen molar-refractivity contribution in [2.45, 2.75) is 19.4 Å². The minimum atomic E-state index is -0.266. The standard InChI is InChI=1S/C14H19Cl2N3O2/c1-9(11-5-4-10(15)8-12(11)16)18-14(21)19(3)7-6-13(20)17-2/h4-5,8-9H,6-7H2,1-3H3,(H,17,20)(H,18,21)/t9-/m0/s1. The lowest BCUT2D eigenvalue weighted by Crippen LogP contribution is -2.40. The van der Waals surface area contributed by atoms with Crippen molar-refractivity contribution in [3.05, 3.63) is 33.8 Å². The van der Waals surface area contributed by atoms with Crippen molar-refractivity contribution in [1.29, 1.82) is 0 Å². The normalized spacial score (nSPS) is 11.7. The predicted octanol–water partition coefficient (Wildman–Crippen LogP) is 2.83. The van der Waals surface area contributed by atoms with Crippen molar-refractivity contribution in [1.82, 2.24) is 15.5 Å². The second-order valence-electron chi connectivity index (χ2n) is 4.68. The zero-order valence-corrected chi connectivity index (χ0v) is 13.8. The molecule has 1 aromatic rings. The van der Waals surface area contributed by atoms with E-state index in [1.807, 2.05) is 6.92 Å². The minimum absolute atomic E-state index is 0.108. The molecular weight excluding hydrogens is 313 g/mol. The van der Waals surface area contributed by atoms with E-state index in [0.29, 0.717) is 16.6 Å². The number of rotatable bonds is 5. The van der Waals surface area contributed by atoms with Gasteiger partial charge in [0.2, 0.25) is 5.91 Å². The number of hydrogen-bond acceptors (Lipinski definition) is 2. The molecule has 1 rings (SSSR count). The number of nitrogens with zero attached hydrogens (tertiary/aromatic N) is 1. The first-order valence-electron chi connectivity index (χ1n) is 6.52. The molecule has 0 spiro atoms. The third-order valence-electron chi connectivity index (χ3n) is 3.07. The lowest BCUT2D eigenvalue weighted by Gasteiger charge is -2.22. The molecule has 7 heteroatoms. The number of urea groups is 1. The molecule has 116 valence electrons. The molecule has 0 saturated heterocycles. The van der Waals surface area contributed by atoms with Gasteiger partial charge in [-0.1, -0.05) is 29.3 Å². The number of amides is 3. The lowest BCUT2D eigenvalue weighted by molar-refractivity contribution is -0.120. The third kappa shape index (κ3) is 5.44. The van der Waals surface area contributed by atoms with Gasteiger partial charge in [-0.05, 0) is 24.6 Å². The van der Waals surface area contributed by atoms with E-state index >= 15 is 0 Å². The fourth-order valence-electron chi connectivity index (χ4n) is 1.72. The molecule has 0 aromatic heterocycles. The Hall–Kier alpha value is -1.46. The van der Waals surface area contributed by atoms with E-state index in [-0.39, 0.29) is 24.4 Å². The number of benzene rings is 1. The van der Waals surface area contributed by atoms with Crippen molar-refractivity contribution in [2.75, 3.05) is 20.6 Å². The van der Waals surface area contributed by atoms with Crippen molar-refractivity contribution in [3.63, 3.8) is 0 Å². The van der Waals surface area contributed by atoms with Gasteiger partial charge >= 0.3 is 6.03 Å². The summed E-state index contributed by atoms with van der Waals surface area (Å²) in [6, 6.07) is 4.61. The maximum Gasteiger partial charge on any atom is 0.317 e. The summed E-state index contributed by atoms with van der Waals surface area (Å²) < 4.78 is 0. The monoisotopic (exact) mass is 331 g/mol. The summed E-state index contributed by atoms with van der Waals surface area (Å²) in [7, 11) is 3.20. The molecule has 0 fully saturated rings. The van der Waals surface area contributed by atoms with Crippen LogP contribution < -0.4 is 10.6 Å². The highest BCUT2D eigenvalue weighted by atomic mass is 35.5. The average molecular weight is 332 g/mol. The van der Waals surface area contributed by atoms with E-state index in [4.69, 9.17) is 23.2 Å². The number of hydrogen-bond donors (Lipinski definition) is 2. The van der Waals surface area contributed by atoms with E-state index in [9.17, 15) is 9.59 Å². The van der Waals surface area contributed by atoms with Gasteiger partial charge in [-0.25, -0.2) is 4.79 Å². The maximum atomic E-state index is 12.0. The molecule has 0 radical (unpaired) electrons. The quantitative estimate of drug-likeness (QED) is 0.871. The first-order chi connectivity index (χ1) is 9.85. The molecule has 0 aliphatic heterocycles. The molecular formula is C14H19Cl2N3O2. The topological polar surface area (TPSA) is 61.4 Å². The van der Waals surface area contributed by atoms with Crippen LogP contribution in [0.15, 0.2) is 18.2 Å². The van der Waals surface area contributed by atoms with Gasteiger partial charge < -0.3 is 15.5 Å². The Labute approximate surface area is 134 Å². The zero-order valence-electron chi connectivity index (χ0n) is 12.2. The first kappa shape index (κ1) is 17.6. The molecule has 0 saturated carbocycles. The average Bonchev–Trinajstić information content (AvgIpc) is 2.43. The number of halogens is 2. The highest BCUT2D eigenvalue weighted by molar-refractivity contribution is 6.35. The summed E-state index contributed by atoms with van der Waals surface area (Å²) in [6.07, 6.45) is 0.260. The third-order valence-corrected chi connectivity index (χ3v) is 3.63. The first-order valence-corrected chi connectivity index (χ1v) is 7.28. The van der Waals surface area contributed by atoms with Gasteiger partial charge in [0.25, 0.3) is 0 Å². The van der Waals surface area contributed by atoms with Crippen LogP contribution in [-0.4, -0.2) is 37.5 Å². The summed E-state index contributed by atoms with van der Waals surface area (Å²) in [6.45, 7) is 2.17. The summed E-state index contributed by atoms with van der Waals surface area (Å²) in [5.74, 6) is -0.108. The van der Waals surface area contributed by atoms with Gasteiger partial charge in [-0.15, -0.1) is 0 Å². The highest BCUT2D eigenvalue weighted by Crippen LogP contribution is 2.26. The Morgan fingerprint density at radius 2 is 2.00 bits per heavy atom. The summed E-state index contributed by atoms with van der Waals surface area (Å²) >= 11 is 12.0. The Kier molecular flexibility index (Phi) is 6.78. The fourth-order valence-corrected chi connectivity index (χ4v) is 2.29. The van der Waals surface area contributed by atoms with Crippen LogP contribution in [0.3, 0.4) is 0 Å². The second kappa shape index (κ2) is 8.10. The second-order valence-corrected chi connectivity index (χ2v) is 5.53. The van der Waals surface area contributed by atoms with E-state index in [0.717, 1.165) is 5.56 Å². The van der Waals surface area contributed by atoms with Crippen LogP contribution in [0.25, 0.3) is 0 Å². The van der Waals surface area contributed by atoms with Gasteiger partial charge in [0, 0.05) is 37.1 Å². The van der Waals surface area contributed by atoms with Crippen molar-refractivity contribution >= 4 is 35.1 Å². The predicted molar refractivity (Wildman–Crippen MR) is 84.7 cm³/mol. The van der Waals surface area contributed by atoms with Gasteiger partial charge in [0.15, 0.2) is 0 Å². The summed E-state index contributed by atoms with van der Waals surface area (Å²) in [4.78, 5) is 24.6. The Balaban J connectivity index is 2.59. The SMILES string of the molecule is CNC(=O)CCN(C)C(=O)N[C@@H](C)c1ccc(Cl)cc1Cl. The van der Waals surface area contributed by atoms with Crippen LogP contribution in [0.4, 0.5) is 4.79 Å². The molecule has 0 unspecified atom stereocenters. The fraction of sp³-hybridized carbons (Fsp3) is 0.429. The van der Waals surface area contributed by atoms with Gasteiger partial charge in [-0.2, -0.15) is 0 Å². The van der Waals surface area contributed by atoms with Gasteiger partial charge in [-0.3, -0.25) is 4.79 Å². The molecule has 0 bridgehead atoms. The lowest BCUT2D eigenvalue weighted by atomic mass is 10.1. The molecule has 5 nitrogen and oxygen atoms in total. The Morgan fingerprint density at radius 1 is 1.33 bits per heavy atom. The van der Waals surface area contributed by atoms with Crippen LogP contribution in [0.1, 0.15) is 24.9 Å². The Morgan fingerprint density at radius 3 is 2.57 bits per heavy atom. The van der Waals surface area contributed by atoms with Crippen molar-refractivity contribution < 1.29 is 9.59 Å². The molecule has 0 aliphatic carbocycles.